The minimum Gasteiger partial charge on any atom is -0.494 e. The average Bonchev–Trinajstić information content (AvgIpc) is 2.19. The van der Waals surface area contributed by atoms with Gasteiger partial charge < -0.3 is 15.2 Å². The van der Waals surface area contributed by atoms with Gasteiger partial charge in [0.15, 0.2) is 11.6 Å². The van der Waals surface area contributed by atoms with E-state index in [0.29, 0.717) is 12.4 Å². The second-order valence-electron chi connectivity index (χ2n) is 3.27. The molecule has 2 rings (SSSR count). The molecule has 0 aliphatic carbocycles. The lowest BCUT2D eigenvalue weighted by molar-refractivity contribution is 0.265. The molecule has 0 spiro atoms. The molecular formula is C10H12FNO2. The number of hydrogen-bond donors (Lipinski definition) is 1. The van der Waals surface area contributed by atoms with E-state index in [1.165, 1.54) is 13.2 Å². The first kappa shape index (κ1) is 9.27. The van der Waals surface area contributed by atoms with Crippen molar-refractivity contribution in [1.82, 2.24) is 0 Å². The third kappa shape index (κ3) is 1.42. The zero-order valence-corrected chi connectivity index (χ0v) is 7.92. The fourth-order valence-corrected chi connectivity index (χ4v) is 1.57. The standard InChI is InChI=1S/C10H12FNO2/c1-13-10-5-9-6(4-7(10)11)8(12)2-3-14-9/h4-5,8H,2-3,12H2,1H3/t8-/m1/s1. The Morgan fingerprint density at radius 2 is 2.36 bits per heavy atom. The predicted molar refractivity (Wildman–Crippen MR) is 50.0 cm³/mol. The molecule has 1 aromatic rings. The topological polar surface area (TPSA) is 44.5 Å². The summed E-state index contributed by atoms with van der Waals surface area (Å²) in [6, 6.07) is 2.79. The van der Waals surface area contributed by atoms with E-state index in [1.807, 2.05) is 0 Å². The fourth-order valence-electron chi connectivity index (χ4n) is 1.57. The van der Waals surface area contributed by atoms with Gasteiger partial charge >= 0.3 is 0 Å². The largest absolute Gasteiger partial charge is 0.494 e. The van der Waals surface area contributed by atoms with Crippen LogP contribution in [-0.2, 0) is 0 Å². The van der Waals surface area contributed by atoms with E-state index >= 15 is 0 Å². The summed E-state index contributed by atoms with van der Waals surface area (Å²) in [5, 5.41) is 0. The first-order chi connectivity index (χ1) is 6.72. The molecule has 3 nitrogen and oxygen atoms in total. The van der Waals surface area contributed by atoms with E-state index in [0.717, 1.165) is 12.0 Å². The molecule has 1 aliphatic heterocycles. The van der Waals surface area contributed by atoms with Gasteiger partial charge in [-0.15, -0.1) is 0 Å². The summed E-state index contributed by atoms with van der Waals surface area (Å²) in [7, 11) is 1.42. The summed E-state index contributed by atoms with van der Waals surface area (Å²) in [6.45, 7) is 0.572. The molecule has 0 aromatic heterocycles. The number of hydrogen-bond acceptors (Lipinski definition) is 3. The number of methoxy groups -OCH3 is 1. The van der Waals surface area contributed by atoms with E-state index < -0.39 is 5.82 Å². The molecule has 1 aromatic carbocycles. The van der Waals surface area contributed by atoms with E-state index in [4.69, 9.17) is 15.2 Å². The van der Waals surface area contributed by atoms with Gasteiger partial charge in [-0.3, -0.25) is 0 Å². The normalized spacial score (nSPS) is 19.8. The number of nitrogens with two attached hydrogens (primary N) is 1. The van der Waals surface area contributed by atoms with Gasteiger partial charge in [-0.25, -0.2) is 4.39 Å². The zero-order valence-electron chi connectivity index (χ0n) is 7.92. The molecular weight excluding hydrogens is 185 g/mol. The Hall–Kier alpha value is -1.29. The van der Waals surface area contributed by atoms with Gasteiger partial charge in [0, 0.05) is 24.1 Å². The van der Waals surface area contributed by atoms with Crippen LogP contribution < -0.4 is 15.2 Å². The van der Waals surface area contributed by atoms with Gasteiger partial charge in [-0.05, 0) is 6.07 Å². The Kier molecular flexibility index (Phi) is 2.29. The predicted octanol–water partition coefficient (Wildman–Crippen LogP) is 1.62. The molecule has 14 heavy (non-hydrogen) atoms. The van der Waals surface area contributed by atoms with Crippen molar-refractivity contribution in [3.8, 4) is 11.5 Å². The van der Waals surface area contributed by atoms with Gasteiger partial charge in [0.2, 0.25) is 0 Å². The number of ether oxygens (including phenoxy) is 2. The van der Waals surface area contributed by atoms with Crippen molar-refractivity contribution in [3.05, 3.63) is 23.5 Å². The van der Waals surface area contributed by atoms with Crippen LogP contribution in [0, 0.1) is 5.82 Å². The lowest BCUT2D eigenvalue weighted by Gasteiger charge is -2.23. The Balaban J connectivity index is 2.48. The van der Waals surface area contributed by atoms with Gasteiger partial charge in [-0.1, -0.05) is 0 Å². The molecule has 2 N–H and O–H groups in total. The Labute approximate surface area is 81.6 Å². The van der Waals surface area contributed by atoms with Crippen molar-refractivity contribution in [2.24, 2.45) is 5.73 Å². The molecule has 1 heterocycles. The van der Waals surface area contributed by atoms with E-state index in [2.05, 4.69) is 0 Å². The second kappa shape index (κ2) is 3.46. The highest BCUT2D eigenvalue weighted by molar-refractivity contribution is 5.44. The third-order valence-electron chi connectivity index (χ3n) is 2.37. The molecule has 0 unspecified atom stereocenters. The lowest BCUT2D eigenvalue weighted by Crippen LogP contribution is -2.20. The van der Waals surface area contributed by atoms with Crippen molar-refractivity contribution in [1.29, 1.82) is 0 Å². The molecule has 4 heteroatoms. The van der Waals surface area contributed by atoms with Gasteiger partial charge in [0.1, 0.15) is 5.75 Å². The fraction of sp³-hybridized carbons (Fsp3) is 0.400. The first-order valence-electron chi connectivity index (χ1n) is 4.48. The van der Waals surface area contributed by atoms with Crippen molar-refractivity contribution < 1.29 is 13.9 Å². The van der Waals surface area contributed by atoms with Crippen molar-refractivity contribution in [2.75, 3.05) is 13.7 Å². The van der Waals surface area contributed by atoms with Crippen LogP contribution in [0.15, 0.2) is 12.1 Å². The minimum atomic E-state index is -0.396. The quantitative estimate of drug-likeness (QED) is 0.744. The average molecular weight is 197 g/mol. The van der Waals surface area contributed by atoms with Crippen molar-refractivity contribution in [2.45, 2.75) is 12.5 Å². The zero-order chi connectivity index (χ0) is 10.1. The number of rotatable bonds is 1. The minimum absolute atomic E-state index is 0.140. The molecule has 0 saturated heterocycles. The van der Waals surface area contributed by atoms with Crippen LogP contribution >= 0.6 is 0 Å². The maximum Gasteiger partial charge on any atom is 0.165 e. The maximum atomic E-state index is 13.3. The van der Waals surface area contributed by atoms with Crippen LogP contribution in [-0.4, -0.2) is 13.7 Å². The molecule has 0 amide bonds. The number of halogens is 1. The van der Waals surface area contributed by atoms with Crippen LogP contribution in [0.5, 0.6) is 11.5 Å². The van der Waals surface area contributed by atoms with Crippen LogP contribution in [0.3, 0.4) is 0 Å². The molecule has 0 radical (unpaired) electrons. The molecule has 0 fully saturated rings. The molecule has 0 saturated carbocycles. The SMILES string of the molecule is COc1cc2c(cc1F)[C@H](N)CCO2. The van der Waals surface area contributed by atoms with Crippen molar-refractivity contribution in [3.63, 3.8) is 0 Å². The van der Waals surface area contributed by atoms with Crippen LogP contribution in [0.4, 0.5) is 4.39 Å². The summed E-state index contributed by atoms with van der Waals surface area (Å²) < 4.78 is 23.5. The number of fused-ring (bicyclic) bond motifs is 1. The van der Waals surface area contributed by atoms with Crippen LogP contribution in [0.1, 0.15) is 18.0 Å². The molecule has 76 valence electrons. The Morgan fingerprint density at radius 3 is 3.07 bits per heavy atom. The van der Waals surface area contributed by atoms with Crippen molar-refractivity contribution >= 4 is 0 Å². The number of benzene rings is 1. The molecule has 0 bridgehead atoms. The van der Waals surface area contributed by atoms with Gasteiger partial charge in [0.05, 0.1) is 13.7 Å². The maximum absolute atomic E-state index is 13.3. The monoisotopic (exact) mass is 197 g/mol. The highest BCUT2D eigenvalue weighted by Crippen LogP contribution is 2.35. The van der Waals surface area contributed by atoms with E-state index in [9.17, 15) is 4.39 Å². The van der Waals surface area contributed by atoms with Gasteiger partial charge in [0.25, 0.3) is 0 Å². The van der Waals surface area contributed by atoms with Gasteiger partial charge in [-0.2, -0.15) is 0 Å². The Bertz CT molecular complexity index is 354. The third-order valence-corrected chi connectivity index (χ3v) is 2.37. The summed E-state index contributed by atoms with van der Waals surface area (Å²) in [6.07, 6.45) is 0.721. The smallest absolute Gasteiger partial charge is 0.165 e. The summed E-state index contributed by atoms with van der Waals surface area (Å²) in [4.78, 5) is 0. The molecule has 1 atom stereocenters. The highest BCUT2D eigenvalue weighted by atomic mass is 19.1. The second-order valence-corrected chi connectivity index (χ2v) is 3.27. The van der Waals surface area contributed by atoms with Crippen LogP contribution in [0.25, 0.3) is 0 Å². The summed E-state index contributed by atoms with van der Waals surface area (Å²) in [5.41, 5.74) is 6.54. The van der Waals surface area contributed by atoms with E-state index in [1.54, 1.807) is 6.07 Å². The van der Waals surface area contributed by atoms with E-state index in [-0.39, 0.29) is 11.8 Å². The molecule has 1 aliphatic rings. The summed E-state index contributed by atoms with van der Waals surface area (Å²) >= 11 is 0. The highest BCUT2D eigenvalue weighted by Gasteiger charge is 2.20. The van der Waals surface area contributed by atoms with Crippen LogP contribution in [0.2, 0.25) is 0 Å². The summed E-state index contributed by atoms with van der Waals surface area (Å²) in [5.74, 6) is 0.423. The Morgan fingerprint density at radius 1 is 1.57 bits per heavy atom. The first-order valence-corrected chi connectivity index (χ1v) is 4.48. The lowest BCUT2D eigenvalue weighted by atomic mass is 10.0.